The maximum atomic E-state index is 13.4. The summed E-state index contributed by atoms with van der Waals surface area (Å²) in [7, 11) is -3.81. The Morgan fingerprint density at radius 3 is 1.15 bits per heavy atom. The maximum absolute atomic E-state index is 13.4. The van der Waals surface area contributed by atoms with Gasteiger partial charge in [0.15, 0.2) is 0 Å². The minimum Gasteiger partial charge on any atom is -0.457 e. The van der Waals surface area contributed by atoms with Crippen LogP contribution in [-0.2, 0) is 19.4 Å². The largest absolute Gasteiger partial charge is 0.457 e. The molecule has 2 aliphatic rings. The number of anilines is 2. The standard InChI is InChI=1S/C44H50N4O6S5/c1-29-21-30(2)24-47(23-29)43(55)57-27-41(49)45-33-5-9-35(10-6-33)53-37-13-17-39(18-14-37)59(51,52)40-19-15-38(16-20-40)54-36-11-7-34(8-12-36)46-42(50)28-58-44(56)48-25-31(3)22-32(4)26-48/h5-20,29-32H,21-28H2,1-4H3,(H,45,49)(H,46,50). The van der Waals surface area contributed by atoms with Gasteiger partial charge in [-0.1, -0.05) is 75.7 Å². The lowest BCUT2D eigenvalue weighted by Crippen LogP contribution is -2.41. The normalized spacial score (nSPS) is 19.4. The summed E-state index contributed by atoms with van der Waals surface area (Å²) in [6.07, 6.45) is 2.39. The summed E-state index contributed by atoms with van der Waals surface area (Å²) in [5.41, 5.74) is 1.27. The van der Waals surface area contributed by atoms with Crippen molar-refractivity contribution in [3.63, 3.8) is 0 Å². The molecule has 2 amide bonds. The molecule has 2 fully saturated rings. The van der Waals surface area contributed by atoms with Gasteiger partial charge in [-0.15, -0.1) is 0 Å². The number of amides is 2. The van der Waals surface area contributed by atoms with Crippen LogP contribution in [0.2, 0.25) is 0 Å². The van der Waals surface area contributed by atoms with Gasteiger partial charge in [-0.2, -0.15) is 0 Å². The lowest BCUT2D eigenvalue weighted by atomic mass is 9.92. The molecule has 2 N–H and O–H groups in total. The fourth-order valence-corrected chi connectivity index (χ4v) is 10.7. The highest BCUT2D eigenvalue weighted by Gasteiger charge is 2.25. The van der Waals surface area contributed by atoms with Crippen LogP contribution >= 0.6 is 48.0 Å². The number of nitrogens with one attached hydrogen (secondary N) is 2. The Hall–Kier alpha value is -4.15. The van der Waals surface area contributed by atoms with Gasteiger partial charge >= 0.3 is 0 Å². The molecule has 10 nitrogen and oxygen atoms in total. The number of hydrogen-bond donors (Lipinski definition) is 2. The lowest BCUT2D eigenvalue weighted by Gasteiger charge is -2.36. The number of rotatable bonds is 12. The van der Waals surface area contributed by atoms with Crippen molar-refractivity contribution in [1.82, 2.24) is 9.80 Å². The number of carbonyl (C=O) groups excluding carboxylic acids is 2. The molecule has 4 aromatic rings. The summed E-state index contributed by atoms with van der Waals surface area (Å²) >= 11 is 14.0. The van der Waals surface area contributed by atoms with Crippen LogP contribution < -0.4 is 20.1 Å². The average Bonchev–Trinajstić information content (AvgIpc) is 3.20. The molecule has 2 heterocycles. The van der Waals surface area contributed by atoms with E-state index in [4.69, 9.17) is 33.9 Å². The molecular formula is C44H50N4O6S5. The van der Waals surface area contributed by atoms with Crippen molar-refractivity contribution in [3.8, 4) is 23.0 Å². The number of hydrogen-bond acceptors (Lipinski definition) is 10. The summed E-state index contributed by atoms with van der Waals surface area (Å²) < 4.78 is 40.3. The van der Waals surface area contributed by atoms with Crippen LogP contribution in [-0.4, -0.2) is 76.4 Å². The second kappa shape index (κ2) is 20.4. The van der Waals surface area contributed by atoms with Crippen molar-refractivity contribution < 1.29 is 27.5 Å². The molecule has 2 saturated heterocycles. The molecule has 0 aromatic heterocycles. The van der Waals surface area contributed by atoms with Crippen LogP contribution in [0.3, 0.4) is 0 Å². The Bertz CT molecular complexity index is 2030. The molecule has 15 heteroatoms. The lowest BCUT2D eigenvalue weighted by molar-refractivity contribution is -0.114. The SMILES string of the molecule is CC1CC(C)CN(C(=S)SCC(=O)Nc2ccc(Oc3ccc(S(=O)(=O)c4ccc(Oc5ccc(NC(=O)CSC(=S)N6CC(C)CC(C)C6)cc5)cc4)cc3)cc2)C1. The monoisotopic (exact) mass is 890 g/mol. The van der Waals surface area contributed by atoms with Crippen LogP contribution in [0.5, 0.6) is 23.0 Å². The maximum Gasteiger partial charge on any atom is 0.234 e. The van der Waals surface area contributed by atoms with Gasteiger partial charge < -0.3 is 29.9 Å². The van der Waals surface area contributed by atoms with Gasteiger partial charge in [0.25, 0.3) is 0 Å². The number of thioether (sulfide) groups is 2. The molecule has 312 valence electrons. The first-order chi connectivity index (χ1) is 28.2. The highest BCUT2D eigenvalue weighted by atomic mass is 32.2. The Morgan fingerprint density at radius 1 is 0.559 bits per heavy atom. The van der Waals surface area contributed by atoms with Gasteiger partial charge in [0.1, 0.15) is 31.6 Å². The number of piperidine rings is 2. The molecule has 4 atom stereocenters. The fourth-order valence-electron chi connectivity index (χ4n) is 7.45. The molecule has 2 aliphatic heterocycles. The topological polar surface area (TPSA) is 117 Å². The molecule has 0 aliphatic carbocycles. The quantitative estimate of drug-likeness (QED) is 0.132. The summed E-state index contributed by atoms with van der Waals surface area (Å²) in [6, 6.07) is 26.3. The molecule has 0 spiro atoms. The predicted molar refractivity (Wildman–Crippen MR) is 248 cm³/mol. The molecule has 4 unspecified atom stereocenters. The minimum atomic E-state index is -3.81. The van der Waals surface area contributed by atoms with Crippen molar-refractivity contribution in [2.24, 2.45) is 23.7 Å². The van der Waals surface area contributed by atoms with Gasteiger partial charge in [0.2, 0.25) is 21.7 Å². The van der Waals surface area contributed by atoms with E-state index < -0.39 is 9.84 Å². The van der Waals surface area contributed by atoms with E-state index in [-0.39, 0.29) is 33.1 Å². The van der Waals surface area contributed by atoms with Crippen molar-refractivity contribution >= 4 is 89.6 Å². The smallest absolute Gasteiger partial charge is 0.234 e. The molecule has 0 radical (unpaired) electrons. The molecule has 6 rings (SSSR count). The van der Waals surface area contributed by atoms with E-state index in [2.05, 4.69) is 48.1 Å². The van der Waals surface area contributed by atoms with Crippen molar-refractivity contribution in [2.45, 2.75) is 50.3 Å². The van der Waals surface area contributed by atoms with Gasteiger partial charge in [0.05, 0.1) is 21.3 Å². The molecule has 0 bridgehead atoms. The number of sulfone groups is 1. The van der Waals surface area contributed by atoms with Crippen LogP contribution in [0, 0.1) is 23.7 Å². The van der Waals surface area contributed by atoms with Gasteiger partial charge in [-0.3, -0.25) is 9.59 Å². The zero-order chi connectivity index (χ0) is 42.1. The second-order valence-corrected chi connectivity index (χ2v) is 20.8. The summed E-state index contributed by atoms with van der Waals surface area (Å²) in [5.74, 6) is 4.52. The van der Waals surface area contributed by atoms with E-state index in [9.17, 15) is 18.0 Å². The Balaban J connectivity index is 0.937. The third kappa shape index (κ3) is 12.9. The zero-order valence-corrected chi connectivity index (χ0v) is 37.7. The second-order valence-electron chi connectivity index (χ2n) is 15.6. The first-order valence-electron chi connectivity index (χ1n) is 19.6. The van der Waals surface area contributed by atoms with Gasteiger partial charge in [-0.05, 0) is 134 Å². The highest BCUT2D eigenvalue weighted by molar-refractivity contribution is 8.23. The number of ether oxygens (including phenoxy) is 2. The Labute approximate surface area is 367 Å². The summed E-state index contributed by atoms with van der Waals surface area (Å²) in [6.45, 7) is 12.7. The predicted octanol–water partition coefficient (Wildman–Crippen LogP) is 9.97. The number of thiocarbonyl (C=S) groups is 2. The van der Waals surface area contributed by atoms with E-state index in [1.807, 2.05) is 0 Å². The molecule has 0 saturated carbocycles. The van der Waals surface area contributed by atoms with Crippen molar-refractivity contribution in [3.05, 3.63) is 97.1 Å². The Morgan fingerprint density at radius 2 is 0.847 bits per heavy atom. The van der Waals surface area contributed by atoms with E-state index in [1.54, 1.807) is 72.8 Å². The van der Waals surface area contributed by atoms with Gasteiger partial charge in [0, 0.05) is 37.6 Å². The molecule has 4 aromatic carbocycles. The zero-order valence-electron chi connectivity index (χ0n) is 33.6. The van der Waals surface area contributed by atoms with Crippen LogP contribution in [0.1, 0.15) is 40.5 Å². The number of benzene rings is 4. The third-order valence-electron chi connectivity index (χ3n) is 9.92. The fraction of sp³-hybridized carbons (Fsp3) is 0.364. The highest BCUT2D eigenvalue weighted by Crippen LogP contribution is 2.30. The number of likely N-dealkylation sites (tertiary alicyclic amines) is 2. The first-order valence-corrected chi connectivity index (χ1v) is 23.9. The van der Waals surface area contributed by atoms with Gasteiger partial charge in [-0.25, -0.2) is 8.42 Å². The first kappa shape index (κ1) is 44.4. The van der Waals surface area contributed by atoms with E-state index in [1.165, 1.54) is 60.6 Å². The van der Waals surface area contributed by atoms with Crippen molar-refractivity contribution in [2.75, 3.05) is 48.3 Å². The number of carbonyl (C=O) groups is 2. The Kier molecular flexibility index (Phi) is 15.4. The van der Waals surface area contributed by atoms with Crippen LogP contribution in [0.25, 0.3) is 0 Å². The third-order valence-corrected chi connectivity index (χ3v) is 14.8. The average molecular weight is 891 g/mol. The van der Waals surface area contributed by atoms with Crippen LogP contribution in [0.15, 0.2) is 107 Å². The van der Waals surface area contributed by atoms with E-state index in [0.717, 1.165) is 34.8 Å². The van der Waals surface area contributed by atoms with E-state index >= 15 is 0 Å². The van der Waals surface area contributed by atoms with E-state index in [0.29, 0.717) is 58.0 Å². The summed E-state index contributed by atoms with van der Waals surface area (Å²) in [4.78, 5) is 29.9. The summed E-state index contributed by atoms with van der Waals surface area (Å²) in [5, 5.41) is 5.80. The molecule has 59 heavy (non-hydrogen) atoms. The molecular weight excluding hydrogens is 841 g/mol. The van der Waals surface area contributed by atoms with Crippen LogP contribution in [0.4, 0.5) is 11.4 Å². The number of nitrogens with zero attached hydrogens (tertiary/aromatic N) is 2. The van der Waals surface area contributed by atoms with Crippen molar-refractivity contribution in [1.29, 1.82) is 0 Å². The minimum absolute atomic E-state index is 0.117.